The third-order valence-electron chi connectivity index (χ3n) is 4.99. The number of aryl methyl sites for hydroxylation is 1. The molecule has 3 aromatic rings. The molecule has 1 heterocycles. The topological polar surface area (TPSA) is 97.3 Å². The number of hydroxylamine groups is 1. The molecule has 140 valence electrons. The number of carbonyl (C=O) groups excluding carboxylic acids is 2. The molecule has 0 saturated heterocycles. The van der Waals surface area contributed by atoms with E-state index in [0.29, 0.717) is 11.3 Å². The Morgan fingerprint density at radius 3 is 2.26 bits per heavy atom. The van der Waals surface area contributed by atoms with Crippen LogP contribution in [0.1, 0.15) is 51.7 Å². The molecule has 0 aliphatic rings. The molecule has 3 rings (SSSR count). The average molecular weight is 365 g/mol. The second-order valence-electron chi connectivity index (χ2n) is 6.99. The van der Waals surface area contributed by atoms with Crippen molar-refractivity contribution < 1.29 is 14.8 Å². The summed E-state index contributed by atoms with van der Waals surface area (Å²) in [5.74, 6) is -0.924. The molecule has 0 bridgehead atoms. The summed E-state index contributed by atoms with van der Waals surface area (Å²) in [5, 5.41) is 9.79. The van der Waals surface area contributed by atoms with E-state index in [1.54, 1.807) is 17.6 Å². The Kier molecular flexibility index (Phi) is 5.01. The molecular formula is C21H23N3O3. The zero-order chi connectivity index (χ0) is 19.7. The van der Waals surface area contributed by atoms with Crippen molar-refractivity contribution >= 4 is 22.7 Å². The molecule has 0 fully saturated rings. The molecule has 0 unspecified atom stereocenters. The van der Waals surface area contributed by atoms with Crippen LogP contribution in [0.15, 0.2) is 48.5 Å². The maximum atomic E-state index is 12.3. The summed E-state index contributed by atoms with van der Waals surface area (Å²) in [6.07, 6.45) is 0. The van der Waals surface area contributed by atoms with Crippen molar-refractivity contribution in [3.8, 4) is 0 Å². The number of benzene rings is 2. The van der Waals surface area contributed by atoms with Gasteiger partial charge in [0.2, 0.25) is 0 Å². The van der Waals surface area contributed by atoms with Crippen molar-refractivity contribution in [1.82, 2.24) is 10.0 Å². The molecule has 6 nitrogen and oxygen atoms in total. The van der Waals surface area contributed by atoms with Crippen LogP contribution < -0.4 is 11.2 Å². The van der Waals surface area contributed by atoms with E-state index in [0.717, 1.165) is 22.0 Å². The number of amides is 2. The maximum Gasteiger partial charge on any atom is 0.274 e. The van der Waals surface area contributed by atoms with Crippen LogP contribution in [0.25, 0.3) is 10.9 Å². The first-order valence-corrected chi connectivity index (χ1v) is 8.78. The summed E-state index contributed by atoms with van der Waals surface area (Å²) in [5.41, 5.74) is 11.0. The van der Waals surface area contributed by atoms with E-state index in [9.17, 15) is 9.59 Å². The molecule has 27 heavy (non-hydrogen) atoms. The highest BCUT2D eigenvalue weighted by Gasteiger charge is 2.29. The first kappa shape index (κ1) is 18.7. The summed E-state index contributed by atoms with van der Waals surface area (Å²) >= 11 is 0. The number of nitrogens with two attached hydrogens (primary N) is 1. The number of hydrogen-bond donors (Lipinski definition) is 3. The number of nitrogens with one attached hydrogen (secondary N) is 1. The quantitative estimate of drug-likeness (QED) is 0.478. The van der Waals surface area contributed by atoms with Crippen molar-refractivity contribution in [3.63, 3.8) is 0 Å². The molecule has 6 heteroatoms. The van der Waals surface area contributed by atoms with Gasteiger partial charge in [0.25, 0.3) is 11.8 Å². The Morgan fingerprint density at radius 1 is 1.07 bits per heavy atom. The Labute approximate surface area is 157 Å². The number of nitrogens with zero attached hydrogens (tertiary/aromatic N) is 1. The number of hydrogen-bond acceptors (Lipinski definition) is 3. The molecule has 0 spiro atoms. The molecule has 0 aliphatic heterocycles. The highest BCUT2D eigenvalue weighted by atomic mass is 16.5. The Morgan fingerprint density at radius 2 is 1.70 bits per heavy atom. The standard InChI is InChI=1S/C21H23N3O3/c1-12(2)17(13-8-10-14(11-9-13)21(26)23-27)18-15-6-4-5-7-16(15)24(3)19(18)20(22)25/h4-12,17,27H,1-3H3,(H2,22,25)(H,23,26)/t17-/m1/s1. The fourth-order valence-corrected chi connectivity index (χ4v) is 3.83. The second-order valence-corrected chi connectivity index (χ2v) is 6.99. The average Bonchev–Trinajstić information content (AvgIpc) is 2.95. The lowest BCUT2D eigenvalue weighted by Crippen LogP contribution is -2.21. The zero-order valence-electron chi connectivity index (χ0n) is 15.6. The minimum absolute atomic E-state index is 0.0789. The Balaban J connectivity index is 2.23. The summed E-state index contributed by atoms with van der Waals surface area (Å²) in [6, 6.07) is 14.9. The molecule has 0 aliphatic carbocycles. The molecular weight excluding hydrogens is 342 g/mol. The predicted octanol–water partition coefficient (Wildman–Crippen LogP) is 3.18. The normalized spacial score (nSPS) is 12.3. The van der Waals surface area contributed by atoms with Gasteiger partial charge in [0.15, 0.2) is 0 Å². The third kappa shape index (κ3) is 3.19. The highest BCUT2D eigenvalue weighted by Crippen LogP contribution is 2.39. The largest absolute Gasteiger partial charge is 0.364 e. The molecule has 0 radical (unpaired) electrons. The summed E-state index contributed by atoms with van der Waals surface area (Å²) in [4.78, 5) is 23.9. The van der Waals surface area contributed by atoms with E-state index in [1.165, 1.54) is 0 Å². The smallest absolute Gasteiger partial charge is 0.274 e. The molecule has 4 N–H and O–H groups in total. The summed E-state index contributed by atoms with van der Waals surface area (Å²) < 4.78 is 1.84. The van der Waals surface area contributed by atoms with Crippen LogP contribution in [0.5, 0.6) is 0 Å². The second kappa shape index (κ2) is 7.25. The Bertz CT molecular complexity index is 1000. The zero-order valence-corrected chi connectivity index (χ0v) is 15.6. The molecule has 2 aromatic carbocycles. The van der Waals surface area contributed by atoms with Crippen LogP contribution in [0, 0.1) is 5.92 Å². The van der Waals surface area contributed by atoms with Gasteiger partial charge in [-0.2, -0.15) is 0 Å². The summed E-state index contributed by atoms with van der Waals surface area (Å²) in [6.45, 7) is 4.18. The lowest BCUT2D eigenvalue weighted by atomic mass is 9.80. The SMILES string of the molecule is CC(C)[C@H](c1ccc(C(=O)NO)cc1)c1c(C(N)=O)n(C)c2ccccc12. The first-order valence-electron chi connectivity index (χ1n) is 8.78. The minimum Gasteiger partial charge on any atom is -0.364 e. The fraction of sp³-hybridized carbons (Fsp3) is 0.238. The van der Waals surface area contributed by atoms with Gasteiger partial charge in [-0.05, 0) is 35.2 Å². The van der Waals surface area contributed by atoms with Gasteiger partial charge in [-0.1, -0.05) is 44.2 Å². The fourth-order valence-electron chi connectivity index (χ4n) is 3.83. The number of rotatable bonds is 5. The maximum absolute atomic E-state index is 12.3. The van der Waals surface area contributed by atoms with E-state index >= 15 is 0 Å². The number of primary amides is 1. The molecule has 0 saturated carbocycles. The van der Waals surface area contributed by atoms with E-state index < -0.39 is 11.8 Å². The van der Waals surface area contributed by atoms with Crippen LogP contribution in [-0.2, 0) is 7.05 Å². The highest BCUT2D eigenvalue weighted by molar-refractivity contribution is 6.01. The van der Waals surface area contributed by atoms with Crippen LogP contribution >= 0.6 is 0 Å². The van der Waals surface area contributed by atoms with Gasteiger partial charge in [0.05, 0.1) is 0 Å². The minimum atomic E-state index is -0.564. The van der Waals surface area contributed by atoms with Crippen LogP contribution in [0.3, 0.4) is 0 Å². The van der Waals surface area contributed by atoms with Crippen LogP contribution in [0.2, 0.25) is 0 Å². The van der Waals surface area contributed by atoms with Crippen molar-refractivity contribution in [2.45, 2.75) is 19.8 Å². The number of fused-ring (bicyclic) bond motifs is 1. The van der Waals surface area contributed by atoms with E-state index in [1.807, 2.05) is 48.0 Å². The van der Waals surface area contributed by atoms with E-state index in [2.05, 4.69) is 13.8 Å². The lowest BCUT2D eigenvalue weighted by Gasteiger charge is -2.23. The molecule has 2 amide bonds. The van der Waals surface area contributed by atoms with Gasteiger partial charge in [0, 0.05) is 29.4 Å². The van der Waals surface area contributed by atoms with Crippen molar-refractivity contribution in [2.24, 2.45) is 18.7 Å². The number of carbonyl (C=O) groups is 2. The van der Waals surface area contributed by atoms with Gasteiger partial charge in [-0.15, -0.1) is 0 Å². The van der Waals surface area contributed by atoms with Crippen molar-refractivity contribution in [3.05, 3.63) is 70.9 Å². The number of aromatic nitrogens is 1. The van der Waals surface area contributed by atoms with Crippen molar-refractivity contribution in [1.29, 1.82) is 0 Å². The Hall–Kier alpha value is -3.12. The molecule has 1 atom stereocenters. The molecule has 1 aromatic heterocycles. The van der Waals surface area contributed by atoms with Gasteiger partial charge >= 0.3 is 0 Å². The number of para-hydroxylation sites is 1. The van der Waals surface area contributed by atoms with Crippen molar-refractivity contribution in [2.75, 3.05) is 0 Å². The summed E-state index contributed by atoms with van der Waals surface area (Å²) in [7, 11) is 1.85. The van der Waals surface area contributed by atoms with Crippen LogP contribution in [-0.4, -0.2) is 21.6 Å². The van der Waals surface area contributed by atoms with Gasteiger partial charge in [0.1, 0.15) is 5.69 Å². The van der Waals surface area contributed by atoms with Gasteiger partial charge in [-0.25, -0.2) is 5.48 Å². The van der Waals surface area contributed by atoms with E-state index in [-0.39, 0.29) is 11.8 Å². The third-order valence-corrected chi connectivity index (χ3v) is 4.99. The van der Waals surface area contributed by atoms with Crippen LogP contribution in [0.4, 0.5) is 0 Å². The van der Waals surface area contributed by atoms with Gasteiger partial charge in [-0.3, -0.25) is 14.8 Å². The lowest BCUT2D eigenvalue weighted by molar-refractivity contribution is 0.0706. The van der Waals surface area contributed by atoms with E-state index in [4.69, 9.17) is 10.9 Å². The van der Waals surface area contributed by atoms with Gasteiger partial charge < -0.3 is 10.3 Å². The monoisotopic (exact) mass is 365 g/mol. The first-order chi connectivity index (χ1) is 12.9. The predicted molar refractivity (Wildman–Crippen MR) is 104 cm³/mol.